The number of nitrogens with zero attached hydrogens (tertiary/aromatic N) is 1. The van der Waals surface area contributed by atoms with E-state index in [9.17, 15) is 24.4 Å². The van der Waals surface area contributed by atoms with Gasteiger partial charge in [0.15, 0.2) is 0 Å². The van der Waals surface area contributed by atoms with Crippen LogP contribution in [0.3, 0.4) is 0 Å². The molecule has 2 aromatic rings. The van der Waals surface area contributed by atoms with E-state index in [2.05, 4.69) is 16.7 Å². The summed E-state index contributed by atoms with van der Waals surface area (Å²) in [6.45, 7) is 2.40. The third-order valence-electron chi connectivity index (χ3n) is 5.47. The van der Waals surface area contributed by atoms with E-state index in [1.807, 2.05) is 6.92 Å². The predicted octanol–water partition coefficient (Wildman–Crippen LogP) is 2.98. The van der Waals surface area contributed by atoms with Gasteiger partial charge >= 0.3 is 11.9 Å². The molecule has 0 unspecified atom stereocenters. The summed E-state index contributed by atoms with van der Waals surface area (Å²) in [6.07, 6.45) is 0. The van der Waals surface area contributed by atoms with E-state index in [1.165, 1.54) is 19.2 Å². The first-order chi connectivity index (χ1) is 17.8. The molecule has 2 amide bonds. The quantitative estimate of drug-likeness (QED) is 0.374. The van der Waals surface area contributed by atoms with Crippen molar-refractivity contribution in [1.82, 2.24) is 5.32 Å². The van der Waals surface area contributed by atoms with E-state index >= 15 is 0 Å². The zero-order valence-electron chi connectivity index (χ0n) is 20.4. The number of amides is 2. The number of methoxy groups -OCH3 is 2. The van der Waals surface area contributed by atoms with Crippen molar-refractivity contribution >= 4 is 41.2 Å². The van der Waals surface area contributed by atoms with Gasteiger partial charge in [-0.3, -0.25) is 14.4 Å². The van der Waals surface area contributed by atoms with Gasteiger partial charge in [0.25, 0.3) is 0 Å². The summed E-state index contributed by atoms with van der Waals surface area (Å²) >= 11 is 0.966. The van der Waals surface area contributed by atoms with Crippen molar-refractivity contribution in [3.8, 4) is 11.8 Å². The van der Waals surface area contributed by atoms with Crippen LogP contribution in [0.1, 0.15) is 28.8 Å². The standard InChI is InChI=1S/C26H25N3O7S/c1-4-36-18-11-9-17(10-12-18)28-20(30)14-37-24-19(13-27)21(22(23(31)29-24)26(33)35-3)15-5-7-16(8-6-15)25(32)34-2/h5-12,21-22H,4,14H2,1-3H3,(H,28,30)(H,29,31)/t21-,22+/m1/s1. The Kier molecular flexibility index (Phi) is 9.29. The van der Waals surface area contributed by atoms with Crippen molar-refractivity contribution in [3.05, 3.63) is 70.3 Å². The molecular formula is C26H25N3O7S. The first-order valence-corrected chi connectivity index (χ1v) is 12.2. The highest BCUT2D eigenvalue weighted by molar-refractivity contribution is 8.03. The summed E-state index contributed by atoms with van der Waals surface area (Å²) in [4.78, 5) is 49.8. The molecule has 1 aliphatic heterocycles. The van der Waals surface area contributed by atoms with Crippen LogP contribution in [0, 0.1) is 17.2 Å². The highest BCUT2D eigenvalue weighted by atomic mass is 32.2. The van der Waals surface area contributed by atoms with Gasteiger partial charge in [0, 0.05) is 11.6 Å². The lowest BCUT2D eigenvalue weighted by molar-refractivity contribution is -0.150. The Bertz CT molecular complexity index is 1250. The van der Waals surface area contributed by atoms with E-state index in [1.54, 1.807) is 36.4 Å². The van der Waals surface area contributed by atoms with Gasteiger partial charge in [-0.05, 0) is 48.9 Å². The minimum atomic E-state index is -1.33. The van der Waals surface area contributed by atoms with Crippen molar-refractivity contribution in [3.63, 3.8) is 0 Å². The first-order valence-electron chi connectivity index (χ1n) is 11.2. The molecule has 0 fully saturated rings. The molecule has 0 aliphatic carbocycles. The number of carbonyl (C=O) groups excluding carboxylic acids is 4. The van der Waals surface area contributed by atoms with Crippen molar-refractivity contribution < 1.29 is 33.4 Å². The molecule has 37 heavy (non-hydrogen) atoms. The second-order valence-corrected chi connectivity index (χ2v) is 8.72. The Morgan fingerprint density at radius 2 is 1.73 bits per heavy atom. The lowest BCUT2D eigenvalue weighted by Crippen LogP contribution is -2.44. The first kappa shape index (κ1) is 27.3. The van der Waals surface area contributed by atoms with Crippen LogP contribution in [0.4, 0.5) is 5.69 Å². The number of benzene rings is 2. The van der Waals surface area contributed by atoms with Gasteiger partial charge in [-0.2, -0.15) is 5.26 Å². The van der Waals surface area contributed by atoms with Crippen molar-refractivity contribution in [1.29, 1.82) is 5.26 Å². The fourth-order valence-corrected chi connectivity index (χ4v) is 4.61. The van der Waals surface area contributed by atoms with Crippen molar-refractivity contribution in [2.75, 3.05) is 31.9 Å². The van der Waals surface area contributed by atoms with Crippen LogP contribution < -0.4 is 15.4 Å². The second kappa shape index (κ2) is 12.6. The monoisotopic (exact) mass is 523 g/mol. The van der Waals surface area contributed by atoms with Crippen molar-refractivity contribution in [2.24, 2.45) is 5.92 Å². The Hall–Kier alpha value is -4.30. The maximum atomic E-state index is 12.9. The number of nitrogens with one attached hydrogen (secondary N) is 2. The Morgan fingerprint density at radius 3 is 2.30 bits per heavy atom. The van der Waals surface area contributed by atoms with Crippen LogP contribution in [-0.4, -0.2) is 50.3 Å². The SMILES string of the molecule is CCOc1ccc(NC(=O)CSC2=C(C#N)[C@@H](c3ccc(C(=O)OC)cc3)[C@H](C(=O)OC)C(=O)N2)cc1. The van der Waals surface area contributed by atoms with E-state index in [4.69, 9.17) is 14.2 Å². The number of rotatable bonds is 9. The fourth-order valence-electron chi connectivity index (χ4n) is 3.76. The van der Waals surface area contributed by atoms with E-state index in [0.717, 1.165) is 18.9 Å². The molecule has 0 saturated carbocycles. The summed E-state index contributed by atoms with van der Waals surface area (Å²) < 4.78 is 14.9. The van der Waals surface area contributed by atoms with Gasteiger partial charge in [0.2, 0.25) is 11.8 Å². The lowest BCUT2D eigenvalue weighted by atomic mass is 9.78. The van der Waals surface area contributed by atoms with Gasteiger partial charge in [0.05, 0.1) is 48.8 Å². The summed E-state index contributed by atoms with van der Waals surface area (Å²) in [7, 11) is 2.40. The lowest BCUT2D eigenvalue weighted by Gasteiger charge is -2.31. The highest BCUT2D eigenvalue weighted by Gasteiger charge is 2.44. The third-order valence-corrected chi connectivity index (χ3v) is 6.49. The maximum absolute atomic E-state index is 12.9. The summed E-state index contributed by atoms with van der Waals surface area (Å²) in [5, 5.41) is 15.5. The number of ether oxygens (including phenoxy) is 3. The Morgan fingerprint density at radius 1 is 1.05 bits per heavy atom. The average molecular weight is 524 g/mol. The number of allylic oxidation sites excluding steroid dienone is 1. The van der Waals surface area contributed by atoms with Gasteiger partial charge in [-0.1, -0.05) is 23.9 Å². The van der Waals surface area contributed by atoms with E-state index < -0.39 is 29.7 Å². The molecule has 2 aromatic carbocycles. The number of nitriles is 1. The number of thioether (sulfide) groups is 1. The van der Waals surface area contributed by atoms with Crippen LogP contribution >= 0.6 is 11.8 Å². The molecule has 0 aromatic heterocycles. The van der Waals surface area contributed by atoms with Crippen LogP contribution in [-0.2, 0) is 23.9 Å². The molecule has 10 nitrogen and oxygen atoms in total. The van der Waals surface area contributed by atoms with Crippen LogP contribution in [0.2, 0.25) is 0 Å². The number of hydrogen-bond acceptors (Lipinski definition) is 9. The number of anilines is 1. The molecule has 3 rings (SSSR count). The average Bonchev–Trinajstić information content (AvgIpc) is 2.92. The van der Waals surface area contributed by atoms with E-state index in [-0.39, 0.29) is 27.8 Å². The molecule has 0 spiro atoms. The minimum absolute atomic E-state index is 0.0969. The fraction of sp³-hybridized carbons (Fsp3) is 0.269. The smallest absolute Gasteiger partial charge is 0.337 e. The Labute approximate surface area is 218 Å². The van der Waals surface area contributed by atoms with Gasteiger partial charge in [0.1, 0.15) is 11.7 Å². The van der Waals surface area contributed by atoms with Crippen LogP contribution in [0.15, 0.2) is 59.1 Å². The molecule has 11 heteroatoms. The highest BCUT2D eigenvalue weighted by Crippen LogP contribution is 2.40. The Balaban J connectivity index is 1.85. The predicted molar refractivity (Wildman–Crippen MR) is 136 cm³/mol. The molecule has 192 valence electrons. The number of hydrogen-bond donors (Lipinski definition) is 2. The number of carbonyl (C=O) groups is 4. The van der Waals surface area contributed by atoms with E-state index in [0.29, 0.717) is 23.6 Å². The molecule has 2 N–H and O–H groups in total. The minimum Gasteiger partial charge on any atom is -0.494 e. The van der Waals surface area contributed by atoms with Crippen LogP contribution in [0.25, 0.3) is 0 Å². The second-order valence-electron chi connectivity index (χ2n) is 7.73. The van der Waals surface area contributed by atoms with Gasteiger partial charge < -0.3 is 24.8 Å². The van der Waals surface area contributed by atoms with Crippen LogP contribution in [0.5, 0.6) is 5.75 Å². The number of esters is 2. The summed E-state index contributed by atoms with van der Waals surface area (Å²) in [6, 6.07) is 15.0. The summed E-state index contributed by atoms with van der Waals surface area (Å²) in [5.41, 5.74) is 1.38. The molecule has 0 bridgehead atoms. The zero-order chi connectivity index (χ0) is 26.9. The maximum Gasteiger partial charge on any atom is 0.337 e. The third kappa shape index (κ3) is 6.48. The molecule has 0 radical (unpaired) electrons. The molecule has 1 aliphatic rings. The molecule has 1 heterocycles. The molecular weight excluding hydrogens is 498 g/mol. The normalized spacial score (nSPS) is 16.8. The van der Waals surface area contributed by atoms with Gasteiger partial charge in [-0.25, -0.2) is 4.79 Å². The molecule has 0 saturated heterocycles. The topological polar surface area (TPSA) is 144 Å². The largest absolute Gasteiger partial charge is 0.494 e. The molecule has 2 atom stereocenters. The van der Waals surface area contributed by atoms with Gasteiger partial charge in [-0.15, -0.1) is 0 Å². The van der Waals surface area contributed by atoms with Crippen molar-refractivity contribution in [2.45, 2.75) is 12.8 Å². The summed E-state index contributed by atoms with van der Waals surface area (Å²) in [5.74, 6) is -4.13. The zero-order valence-corrected chi connectivity index (χ0v) is 21.2.